The van der Waals surface area contributed by atoms with Crippen LogP contribution in [0.5, 0.6) is 0 Å². The molecule has 1 N–H and O–H groups in total. The van der Waals surface area contributed by atoms with Gasteiger partial charge in [0.1, 0.15) is 5.82 Å². The largest absolute Gasteiger partial charge is 0.312 e. The molecular formula is C17H28FN3. The van der Waals surface area contributed by atoms with Crippen molar-refractivity contribution in [3.05, 3.63) is 29.8 Å². The van der Waals surface area contributed by atoms with E-state index in [4.69, 9.17) is 0 Å². The Hall–Kier alpha value is -1.00. The predicted molar refractivity (Wildman–Crippen MR) is 84.7 cm³/mol. The van der Waals surface area contributed by atoms with Crippen molar-refractivity contribution in [2.45, 2.75) is 57.5 Å². The lowest BCUT2D eigenvalue weighted by atomic mass is 10.1. The summed E-state index contributed by atoms with van der Waals surface area (Å²) in [7, 11) is 1.95. The van der Waals surface area contributed by atoms with E-state index in [1.807, 2.05) is 7.05 Å². The zero-order valence-electron chi connectivity index (χ0n) is 13.3. The number of hydrogen-bond donors (Lipinski definition) is 1. The zero-order valence-corrected chi connectivity index (χ0v) is 13.3. The molecule has 2 unspecified atom stereocenters. The molecule has 0 aromatic carbocycles. The Morgan fingerprint density at radius 2 is 2.24 bits per heavy atom. The van der Waals surface area contributed by atoms with E-state index in [2.05, 4.69) is 22.1 Å². The molecule has 0 saturated carbocycles. The summed E-state index contributed by atoms with van der Waals surface area (Å²) in [6.45, 7) is 4.59. The highest BCUT2D eigenvalue weighted by Crippen LogP contribution is 2.22. The summed E-state index contributed by atoms with van der Waals surface area (Å²) in [6.07, 6.45) is 8.93. The van der Waals surface area contributed by atoms with Crippen molar-refractivity contribution in [3.8, 4) is 0 Å². The quantitative estimate of drug-likeness (QED) is 0.869. The van der Waals surface area contributed by atoms with Gasteiger partial charge in [-0.25, -0.2) is 4.39 Å². The Morgan fingerprint density at radius 1 is 1.38 bits per heavy atom. The Balaban J connectivity index is 1.93. The lowest BCUT2D eigenvalue weighted by Gasteiger charge is -2.30. The van der Waals surface area contributed by atoms with Gasteiger partial charge in [-0.05, 0) is 51.4 Å². The number of hydrogen-bond acceptors (Lipinski definition) is 3. The third-order valence-corrected chi connectivity index (χ3v) is 4.63. The molecular weight excluding hydrogens is 265 g/mol. The lowest BCUT2D eigenvalue weighted by molar-refractivity contribution is 0.185. The van der Waals surface area contributed by atoms with Gasteiger partial charge < -0.3 is 10.2 Å². The van der Waals surface area contributed by atoms with E-state index < -0.39 is 0 Å². The number of aromatic nitrogens is 1. The molecule has 3 nitrogen and oxygen atoms in total. The summed E-state index contributed by atoms with van der Waals surface area (Å²) < 4.78 is 13.0. The molecule has 1 fully saturated rings. The topological polar surface area (TPSA) is 28.2 Å². The molecule has 1 aromatic rings. The number of likely N-dealkylation sites (tertiary alicyclic amines) is 1. The molecule has 2 rings (SSSR count). The van der Waals surface area contributed by atoms with E-state index in [9.17, 15) is 4.39 Å². The van der Waals surface area contributed by atoms with Crippen molar-refractivity contribution < 1.29 is 4.39 Å². The Bertz CT molecular complexity index is 407. The maximum atomic E-state index is 13.0. The van der Waals surface area contributed by atoms with E-state index in [0.717, 1.165) is 24.7 Å². The van der Waals surface area contributed by atoms with Crippen LogP contribution in [-0.4, -0.2) is 36.1 Å². The average molecular weight is 293 g/mol. The van der Waals surface area contributed by atoms with Crippen LogP contribution >= 0.6 is 0 Å². The minimum atomic E-state index is -0.271. The molecule has 1 aromatic heterocycles. The number of nitrogens with zero attached hydrogens (tertiary/aromatic N) is 2. The van der Waals surface area contributed by atoms with E-state index in [-0.39, 0.29) is 11.9 Å². The SMILES string of the molecule is CCC1CCCCCN1CCC(NC)c1ccc(F)cn1. The fourth-order valence-corrected chi connectivity index (χ4v) is 3.32. The smallest absolute Gasteiger partial charge is 0.141 e. The van der Waals surface area contributed by atoms with Gasteiger partial charge in [0.15, 0.2) is 0 Å². The van der Waals surface area contributed by atoms with Gasteiger partial charge in [-0.2, -0.15) is 0 Å². The fraction of sp³-hybridized carbons (Fsp3) is 0.706. The van der Waals surface area contributed by atoms with E-state index in [0.29, 0.717) is 0 Å². The molecule has 1 aliphatic heterocycles. The molecule has 1 saturated heterocycles. The zero-order chi connectivity index (χ0) is 15.1. The lowest BCUT2D eigenvalue weighted by Crippen LogP contribution is -2.36. The molecule has 4 heteroatoms. The van der Waals surface area contributed by atoms with Crippen LogP contribution in [0.25, 0.3) is 0 Å². The van der Waals surface area contributed by atoms with Crippen LogP contribution in [0.4, 0.5) is 4.39 Å². The van der Waals surface area contributed by atoms with Crippen LogP contribution in [0.15, 0.2) is 18.3 Å². The van der Waals surface area contributed by atoms with Crippen molar-refractivity contribution in [2.24, 2.45) is 0 Å². The molecule has 0 radical (unpaired) electrons. The van der Waals surface area contributed by atoms with Crippen molar-refractivity contribution in [1.29, 1.82) is 0 Å². The Kier molecular flexibility index (Phi) is 6.58. The first-order chi connectivity index (χ1) is 10.2. The summed E-state index contributed by atoms with van der Waals surface area (Å²) in [5.74, 6) is -0.271. The Morgan fingerprint density at radius 3 is 2.90 bits per heavy atom. The monoisotopic (exact) mass is 293 g/mol. The molecule has 2 atom stereocenters. The Labute approximate surface area is 127 Å². The van der Waals surface area contributed by atoms with Crippen LogP contribution in [0, 0.1) is 5.82 Å². The highest BCUT2D eigenvalue weighted by atomic mass is 19.1. The maximum absolute atomic E-state index is 13.0. The normalized spacial score (nSPS) is 22.0. The van der Waals surface area contributed by atoms with Gasteiger partial charge in [-0.15, -0.1) is 0 Å². The molecule has 0 amide bonds. The van der Waals surface area contributed by atoms with Crippen molar-refractivity contribution in [1.82, 2.24) is 15.2 Å². The van der Waals surface area contributed by atoms with Gasteiger partial charge in [0, 0.05) is 12.6 Å². The van der Waals surface area contributed by atoms with Gasteiger partial charge in [0.05, 0.1) is 17.9 Å². The summed E-state index contributed by atoms with van der Waals surface area (Å²) >= 11 is 0. The van der Waals surface area contributed by atoms with Gasteiger partial charge >= 0.3 is 0 Å². The highest BCUT2D eigenvalue weighted by molar-refractivity contribution is 5.09. The van der Waals surface area contributed by atoms with Gasteiger partial charge in [0.2, 0.25) is 0 Å². The second-order valence-electron chi connectivity index (χ2n) is 5.98. The first-order valence-electron chi connectivity index (χ1n) is 8.27. The number of rotatable bonds is 6. The number of nitrogens with one attached hydrogen (secondary N) is 1. The third kappa shape index (κ3) is 4.75. The number of pyridine rings is 1. The van der Waals surface area contributed by atoms with Crippen molar-refractivity contribution in [3.63, 3.8) is 0 Å². The third-order valence-electron chi connectivity index (χ3n) is 4.63. The van der Waals surface area contributed by atoms with Crippen LogP contribution in [-0.2, 0) is 0 Å². The minimum absolute atomic E-state index is 0.200. The van der Waals surface area contributed by atoms with Crippen LogP contribution in [0.3, 0.4) is 0 Å². The second kappa shape index (κ2) is 8.44. The van der Waals surface area contributed by atoms with E-state index in [1.165, 1.54) is 50.9 Å². The average Bonchev–Trinajstić information content (AvgIpc) is 2.74. The van der Waals surface area contributed by atoms with Gasteiger partial charge in [0.25, 0.3) is 0 Å². The number of halogens is 1. The summed E-state index contributed by atoms with van der Waals surface area (Å²) in [4.78, 5) is 6.85. The molecule has 0 bridgehead atoms. The maximum Gasteiger partial charge on any atom is 0.141 e. The predicted octanol–water partition coefficient (Wildman–Crippen LogP) is 3.53. The van der Waals surface area contributed by atoms with Crippen LogP contribution in [0.2, 0.25) is 0 Å². The fourth-order valence-electron chi connectivity index (χ4n) is 3.32. The molecule has 0 spiro atoms. The van der Waals surface area contributed by atoms with Gasteiger partial charge in [-0.1, -0.05) is 19.8 Å². The highest BCUT2D eigenvalue weighted by Gasteiger charge is 2.20. The summed E-state index contributed by atoms with van der Waals surface area (Å²) in [5, 5.41) is 3.31. The minimum Gasteiger partial charge on any atom is -0.312 e. The summed E-state index contributed by atoms with van der Waals surface area (Å²) in [5.41, 5.74) is 0.932. The van der Waals surface area contributed by atoms with Crippen molar-refractivity contribution >= 4 is 0 Å². The van der Waals surface area contributed by atoms with E-state index in [1.54, 1.807) is 6.07 Å². The van der Waals surface area contributed by atoms with E-state index >= 15 is 0 Å². The standard InChI is InChI=1S/C17H28FN3/c1-3-15-7-5-4-6-11-21(15)12-10-16(19-2)17-9-8-14(18)13-20-17/h8-9,13,15-16,19H,3-7,10-12H2,1-2H3. The van der Waals surface area contributed by atoms with Crippen molar-refractivity contribution in [2.75, 3.05) is 20.1 Å². The molecule has 118 valence electrons. The molecule has 0 aliphatic carbocycles. The van der Waals surface area contributed by atoms with Crippen LogP contribution < -0.4 is 5.32 Å². The first kappa shape index (κ1) is 16.4. The molecule has 2 heterocycles. The molecule has 1 aliphatic rings. The molecule has 21 heavy (non-hydrogen) atoms. The first-order valence-corrected chi connectivity index (χ1v) is 8.27. The summed E-state index contributed by atoms with van der Waals surface area (Å²) in [6, 6.07) is 4.21. The van der Waals surface area contributed by atoms with Crippen LogP contribution in [0.1, 0.15) is 57.2 Å². The second-order valence-corrected chi connectivity index (χ2v) is 5.98. The van der Waals surface area contributed by atoms with Gasteiger partial charge in [-0.3, -0.25) is 4.98 Å².